The van der Waals surface area contributed by atoms with Crippen molar-refractivity contribution in [1.29, 1.82) is 0 Å². The van der Waals surface area contributed by atoms with Gasteiger partial charge in [0.05, 0.1) is 32.4 Å². The molecule has 1 atom stereocenters. The molecular formula is C30H29F3N2O5. The first-order valence-electron chi connectivity index (χ1n) is 12.4. The van der Waals surface area contributed by atoms with E-state index in [1.807, 2.05) is 31.2 Å². The van der Waals surface area contributed by atoms with E-state index in [0.29, 0.717) is 34.3 Å². The molecule has 1 heterocycles. The van der Waals surface area contributed by atoms with Crippen LogP contribution in [0, 0.1) is 0 Å². The Morgan fingerprint density at radius 1 is 0.925 bits per heavy atom. The molecule has 0 aliphatic heterocycles. The highest BCUT2D eigenvalue weighted by molar-refractivity contribution is 5.95. The smallest absolute Gasteiger partial charge is 0.416 e. The van der Waals surface area contributed by atoms with Crippen LogP contribution < -0.4 is 19.5 Å². The van der Waals surface area contributed by atoms with Gasteiger partial charge in [-0.3, -0.25) is 0 Å². The van der Waals surface area contributed by atoms with Crippen molar-refractivity contribution in [2.24, 2.45) is 0 Å². The summed E-state index contributed by atoms with van der Waals surface area (Å²) >= 11 is 0. The van der Waals surface area contributed by atoms with Crippen molar-refractivity contribution in [3.8, 4) is 28.4 Å². The number of alkyl halides is 3. The van der Waals surface area contributed by atoms with Crippen LogP contribution in [0.3, 0.4) is 0 Å². The fraction of sp³-hybridized carbons (Fsp3) is 0.267. The number of nitrogens with one attached hydrogen (secondary N) is 1. The summed E-state index contributed by atoms with van der Waals surface area (Å²) in [5, 5.41) is 3.84. The highest BCUT2D eigenvalue weighted by Gasteiger charge is 2.31. The van der Waals surface area contributed by atoms with E-state index >= 15 is 0 Å². The molecule has 0 spiro atoms. The largest absolute Gasteiger partial charge is 0.497 e. The van der Waals surface area contributed by atoms with Crippen molar-refractivity contribution in [3.63, 3.8) is 0 Å². The van der Waals surface area contributed by atoms with Gasteiger partial charge in [-0.1, -0.05) is 18.2 Å². The molecule has 0 saturated heterocycles. The minimum absolute atomic E-state index is 0.0170. The first-order valence-corrected chi connectivity index (χ1v) is 12.4. The van der Waals surface area contributed by atoms with Gasteiger partial charge in [0.2, 0.25) is 0 Å². The molecule has 0 aliphatic carbocycles. The monoisotopic (exact) mass is 554 g/mol. The number of hydrogen-bond donors (Lipinski definition) is 1. The maximum atomic E-state index is 13.8. The molecule has 40 heavy (non-hydrogen) atoms. The lowest BCUT2D eigenvalue weighted by Crippen LogP contribution is -2.24. The van der Waals surface area contributed by atoms with Crippen molar-refractivity contribution < 1.29 is 36.9 Å². The summed E-state index contributed by atoms with van der Waals surface area (Å²) in [6.07, 6.45) is -4.57. The summed E-state index contributed by atoms with van der Waals surface area (Å²) in [7, 11) is 4.27. The lowest BCUT2D eigenvalue weighted by molar-refractivity contribution is -0.137. The van der Waals surface area contributed by atoms with Gasteiger partial charge in [0, 0.05) is 24.0 Å². The maximum absolute atomic E-state index is 13.8. The minimum atomic E-state index is -4.57. The number of hydrogen-bond acceptors (Lipinski definition) is 7. The zero-order valence-electron chi connectivity index (χ0n) is 22.5. The molecule has 1 N–H and O–H groups in total. The molecule has 0 amide bonds. The van der Waals surface area contributed by atoms with Crippen LogP contribution in [0.2, 0.25) is 0 Å². The fourth-order valence-corrected chi connectivity index (χ4v) is 4.24. The van der Waals surface area contributed by atoms with Crippen LogP contribution in [0.1, 0.15) is 34.6 Å². The number of halogens is 3. The number of benzene rings is 3. The summed E-state index contributed by atoms with van der Waals surface area (Å²) < 4.78 is 62.5. The zero-order valence-corrected chi connectivity index (χ0v) is 22.5. The molecule has 0 bridgehead atoms. The Balaban J connectivity index is 1.57. The Morgan fingerprint density at radius 2 is 1.73 bits per heavy atom. The number of fused-ring (bicyclic) bond motifs is 1. The van der Waals surface area contributed by atoms with Crippen LogP contribution in [0.4, 0.5) is 13.2 Å². The van der Waals surface area contributed by atoms with Crippen molar-refractivity contribution in [2.45, 2.75) is 19.1 Å². The van der Waals surface area contributed by atoms with Gasteiger partial charge in [-0.05, 0) is 66.1 Å². The number of esters is 1. The van der Waals surface area contributed by atoms with E-state index in [2.05, 4.69) is 10.3 Å². The van der Waals surface area contributed by atoms with Crippen LogP contribution in [-0.4, -0.2) is 45.4 Å². The van der Waals surface area contributed by atoms with Gasteiger partial charge in [-0.2, -0.15) is 13.2 Å². The van der Waals surface area contributed by atoms with Crippen molar-refractivity contribution in [1.82, 2.24) is 10.3 Å². The lowest BCUT2D eigenvalue weighted by atomic mass is 10.00. The third-order valence-corrected chi connectivity index (χ3v) is 6.37. The van der Waals surface area contributed by atoms with Crippen LogP contribution in [0.15, 0.2) is 66.7 Å². The molecule has 0 aliphatic rings. The van der Waals surface area contributed by atoms with Crippen LogP contribution in [-0.2, 0) is 10.9 Å². The normalized spacial score (nSPS) is 12.2. The molecule has 4 aromatic rings. The van der Waals surface area contributed by atoms with Gasteiger partial charge in [-0.25, -0.2) is 9.78 Å². The number of aromatic nitrogens is 1. The van der Waals surface area contributed by atoms with Gasteiger partial charge in [-0.15, -0.1) is 0 Å². The summed E-state index contributed by atoms with van der Waals surface area (Å²) in [6.45, 7) is 2.54. The van der Waals surface area contributed by atoms with Crippen LogP contribution >= 0.6 is 0 Å². The van der Waals surface area contributed by atoms with Crippen molar-refractivity contribution in [2.75, 3.05) is 34.5 Å². The molecule has 0 unspecified atom stereocenters. The number of methoxy groups -OCH3 is 3. The third kappa shape index (κ3) is 6.63. The third-order valence-electron chi connectivity index (χ3n) is 6.37. The van der Waals surface area contributed by atoms with E-state index in [0.717, 1.165) is 23.4 Å². The Morgan fingerprint density at radius 3 is 2.42 bits per heavy atom. The quantitative estimate of drug-likeness (QED) is 0.178. The molecule has 3 aromatic carbocycles. The van der Waals surface area contributed by atoms with Gasteiger partial charge in [0.1, 0.15) is 23.9 Å². The Bertz CT molecular complexity index is 1510. The summed E-state index contributed by atoms with van der Waals surface area (Å²) in [4.78, 5) is 16.2. The lowest BCUT2D eigenvalue weighted by Gasteiger charge is -2.17. The second-order valence-corrected chi connectivity index (χ2v) is 8.98. The van der Waals surface area contributed by atoms with E-state index in [4.69, 9.17) is 18.9 Å². The van der Waals surface area contributed by atoms with Gasteiger partial charge < -0.3 is 24.3 Å². The SMILES string of the molecule is COC(=O)c1cc(OC)c2cc(-c3cc(OCCN[C@H](C)c4cccc(OC)c4)cc(C(F)(F)F)c3)ccc2n1. The molecule has 7 nitrogen and oxygen atoms in total. The molecule has 1 aromatic heterocycles. The van der Waals surface area contributed by atoms with Crippen LogP contribution in [0.25, 0.3) is 22.0 Å². The predicted octanol–water partition coefficient (Wildman–Crippen LogP) is 6.45. The first kappa shape index (κ1) is 28.7. The molecule has 0 fully saturated rings. The second-order valence-electron chi connectivity index (χ2n) is 8.98. The van der Waals surface area contributed by atoms with E-state index in [1.165, 1.54) is 20.3 Å². The Kier molecular flexibility index (Phi) is 8.79. The maximum Gasteiger partial charge on any atom is 0.416 e. The summed E-state index contributed by atoms with van der Waals surface area (Å²) in [6, 6.07) is 17.6. The Labute approximate surface area is 229 Å². The van der Waals surface area contributed by atoms with Crippen LogP contribution in [0.5, 0.6) is 17.2 Å². The minimum Gasteiger partial charge on any atom is -0.497 e. The molecule has 10 heteroatoms. The topological polar surface area (TPSA) is 78.9 Å². The van der Waals surface area contributed by atoms with E-state index in [-0.39, 0.29) is 24.1 Å². The zero-order chi connectivity index (χ0) is 28.9. The van der Waals surface area contributed by atoms with Gasteiger partial charge in [0.25, 0.3) is 0 Å². The molecule has 4 rings (SSSR count). The predicted molar refractivity (Wildman–Crippen MR) is 145 cm³/mol. The molecular weight excluding hydrogens is 525 g/mol. The molecule has 0 radical (unpaired) electrons. The molecule has 0 saturated carbocycles. The number of carbonyl (C=O) groups excluding carboxylic acids is 1. The van der Waals surface area contributed by atoms with Gasteiger partial charge in [0.15, 0.2) is 5.69 Å². The second kappa shape index (κ2) is 12.3. The summed E-state index contributed by atoms with van der Waals surface area (Å²) in [5.74, 6) is 0.542. The highest BCUT2D eigenvalue weighted by Crippen LogP contribution is 2.37. The van der Waals surface area contributed by atoms with E-state index in [1.54, 1.807) is 31.4 Å². The van der Waals surface area contributed by atoms with E-state index < -0.39 is 17.7 Å². The van der Waals surface area contributed by atoms with Gasteiger partial charge >= 0.3 is 12.1 Å². The Hall–Kier alpha value is -4.31. The highest BCUT2D eigenvalue weighted by atomic mass is 19.4. The van der Waals surface area contributed by atoms with E-state index in [9.17, 15) is 18.0 Å². The number of carbonyl (C=O) groups is 1. The average molecular weight is 555 g/mol. The number of nitrogens with zero attached hydrogens (tertiary/aromatic N) is 1. The fourth-order valence-electron chi connectivity index (χ4n) is 4.24. The standard InChI is InChI=1S/C30H29F3N2O5/c1-18(19-6-5-7-23(13-19)37-2)34-10-11-40-24-14-21(12-22(16-24)30(31,32)33)20-8-9-26-25(15-20)28(38-3)17-27(35-26)29(36)39-4/h5-9,12-18,34H,10-11H2,1-4H3/t18-/m1/s1. The summed E-state index contributed by atoms with van der Waals surface area (Å²) in [5.41, 5.74) is 1.49. The number of ether oxygens (including phenoxy) is 4. The number of rotatable bonds is 10. The van der Waals surface area contributed by atoms with Crippen molar-refractivity contribution >= 4 is 16.9 Å². The molecule has 210 valence electrons. The average Bonchev–Trinajstić information content (AvgIpc) is 2.97. The van der Waals surface area contributed by atoms with Crippen molar-refractivity contribution in [3.05, 3.63) is 83.6 Å². The first-order chi connectivity index (χ1) is 19.1. The number of pyridine rings is 1.